The molecule has 0 aromatic heterocycles. The summed E-state index contributed by atoms with van der Waals surface area (Å²) in [5.74, 6) is 0. The van der Waals surface area contributed by atoms with Crippen molar-refractivity contribution in [2.45, 2.75) is 38.2 Å². The van der Waals surface area contributed by atoms with Gasteiger partial charge in [0, 0.05) is 6.54 Å². The molecule has 2 N–H and O–H groups in total. The fourth-order valence-electron chi connectivity index (χ4n) is 1.83. The van der Waals surface area contributed by atoms with E-state index in [0.717, 1.165) is 32.1 Å². The van der Waals surface area contributed by atoms with Gasteiger partial charge in [-0.2, -0.15) is 0 Å². The second-order valence-electron chi connectivity index (χ2n) is 4.27. The standard InChI is InChI=1S/C13H23NO4/c15-9-11-17-10-8-14-13(16)18-12-6-4-2-1-3-5-7-12/h1-2,12,15H,3-11H2,(H,14,16). The van der Waals surface area contributed by atoms with Gasteiger partial charge < -0.3 is 19.9 Å². The Bertz CT molecular complexity index is 255. The number of allylic oxidation sites excluding steroid dienone is 2. The van der Waals surface area contributed by atoms with Gasteiger partial charge in [0.05, 0.1) is 19.8 Å². The third kappa shape index (κ3) is 7.29. The molecule has 5 heteroatoms. The van der Waals surface area contributed by atoms with E-state index in [0.29, 0.717) is 19.8 Å². The third-order valence-electron chi connectivity index (χ3n) is 2.74. The van der Waals surface area contributed by atoms with E-state index in [2.05, 4.69) is 17.5 Å². The molecule has 0 saturated carbocycles. The summed E-state index contributed by atoms with van der Waals surface area (Å²) in [4.78, 5) is 11.5. The van der Waals surface area contributed by atoms with Crippen molar-refractivity contribution in [2.75, 3.05) is 26.4 Å². The average Bonchev–Trinajstić information content (AvgIpc) is 2.32. The largest absolute Gasteiger partial charge is 0.446 e. The van der Waals surface area contributed by atoms with Gasteiger partial charge in [0.1, 0.15) is 6.10 Å². The van der Waals surface area contributed by atoms with Crippen molar-refractivity contribution in [3.63, 3.8) is 0 Å². The molecule has 18 heavy (non-hydrogen) atoms. The molecular formula is C13H23NO4. The molecule has 1 aliphatic rings. The minimum absolute atomic E-state index is 0.0000380. The Balaban J connectivity index is 2.08. The third-order valence-corrected chi connectivity index (χ3v) is 2.74. The number of aliphatic hydroxyl groups excluding tert-OH is 1. The minimum Gasteiger partial charge on any atom is -0.446 e. The summed E-state index contributed by atoms with van der Waals surface area (Å²) in [6, 6.07) is 0. The molecule has 0 aromatic rings. The summed E-state index contributed by atoms with van der Waals surface area (Å²) in [6.45, 7) is 1.10. The maximum Gasteiger partial charge on any atom is 0.407 e. The molecule has 0 spiro atoms. The van der Waals surface area contributed by atoms with E-state index < -0.39 is 0 Å². The molecular weight excluding hydrogens is 234 g/mol. The Kier molecular flexibility index (Phi) is 8.25. The van der Waals surface area contributed by atoms with E-state index >= 15 is 0 Å². The summed E-state index contributed by atoms with van der Waals surface area (Å²) in [6.07, 6.45) is 8.90. The number of hydrogen-bond donors (Lipinski definition) is 2. The van der Waals surface area contributed by atoms with Crippen LogP contribution in [0.5, 0.6) is 0 Å². The van der Waals surface area contributed by atoms with Crippen LogP contribution in [0.1, 0.15) is 32.1 Å². The van der Waals surface area contributed by atoms with Crippen LogP contribution in [0.2, 0.25) is 0 Å². The molecule has 1 atom stereocenters. The maximum atomic E-state index is 11.5. The zero-order valence-corrected chi connectivity index (χ0v) is 10.8. The normalized spacial score (nSPS) is 19.9. The van der Waals surface area contributed by atoms with Gasteiger partial charge in [-0.25, -0.2) is 4.79 Å². The summed E-state index contributed by atoms with van der Waals surface area (Å²) in [5.41, 5.74) is 0. The fourth-order valence-corrected chi connectivity index (χ4v) is 1.83. The van der Waals surface area contributed by atoms with Crippen molar-refractivity contribution in [2.24, 2.45) is 0 Å². The number of carbonyl (C=O) groups excluding carboxylic acids is 1. The number of hydrogen-bond acceptors (Lipinski definition) is 4. The lowest BCUT2D eigenvalue weighted by Crippen LogP contribution is -2.31. The zero-order chi connectivity index (χ0) is 13.1. The highest BCUT2D eigenvalue weighted by atomic mass is 16.6. The van der Waals surface area contributed by atoms with Crippen LogP contribution in [0.25, 0.3) is 0 Å². The van der Waals surface area contributed by atoms with Gasteiger partial charge in [-0.1, -0.05) is 12.2 Å². The van der Waals surface area contributed by atoms with Crippen molar-refractivity contribution in [3.05, 3.63) is 12.2 Å². The smallest absolute Gasteiger partial charge is 0.407 e. The monoisotopic (exact) mass is 257 g/mol. The molecule has 0 bridgehead atoms. The van der Waals surface area contributed by atoms with Gasteiger partial charge in [0.25, 0.3) is 0 Å². The predicted molar refractivity (Wildman–Crippen MR) is 68.4 cm³/mol. The van der Waals surface area contributed by atoms with Crippen LogP contribution < -0.4 is 5.32 Å². The quantitative estimate of drug-likeness (QED) is 0.560. The first-order valence-corrected chi connectivity index (χ1v) is 6.61. The summed E-state index contributed by atoms with van der Waals surface area (Å²) < 4.78 is 10.4. The lowest BCUT2D eigenvalue weighted by molar-refractivity contribution is 0.0750. The highest BCUT2D eigenvalue weighted by Gasteiger charge is 2.14. The molecule has 1 amide bonds. The molecule has 0 radical (unpaired) electrons. The van der Waals surface area contributed by atoms with Gasteiger partial charge in [-0.3, -0.25) is 0 Å². The first-order chi connectivity index (χ1) is 8.83. The molecule has 5 nitrogen and oxygen atoms in total. The van der Waals surface area contributed by atoms with Crippen molar-refractivity contribution in [3.8, 4) is 0 Å². The summed E-state index contributed by atoms with van der Waals surface area (Å²) in [7, 11) is 0. The molecule has 0 fully saturated rings. The highest BCUT2D eigenvalue weighted by Crippen LogP contribution is 2.15. The number of alkyl carbamates (subject to hydrolysis) is 1. The lowest BCUT2D eigenvalue weighted by Gasteiger charge is -2.18. The van der Waals surface area contributed by atoms with Crippen LogP contribution in [0.4, 0.5) is 4.79 Å². The van der Waals surface area contributed by atoms with E-state index in [-0.39, 0.29) is 18.8 Å². The van der Waals surface area contributed by atoms with Gasteiger partial charge in [0.2, 0.25) is 0 Å². The van der Waals surface area contributed by atoms with E-state index in [9.17, 15) is 4.79 Å². The Hall–Kier alpha value is -1.07. The molecule has 0 aromatic carbocycles. The number of amides is 1. The van der Waals surface area contributed by atoms with E-state index in [1.54, 1.807) is 0 Å². The molecule has 1 unspecified atom stereocenters. The van der Waals surface area contributed by atoms with Crippen LogP contribution in [0.3, 0.4) is 0 Å². The maximum absolute atomic E-state index is 11.5. The summed E-state index contributed by atoms with van der Waals surface area (Å²) >= 11 is 0. The van der Waals surface area contributed by atoms with Crippen molar-refractivity contribution >= 4 is 6.09 Å². The highest BCUT2D eigenvalue weighted by molar-refractivity contribution is 5.67. The number of ether oxygens (including phenoxy) is 2. The topological polar surface area (TPSA) is 67.8 Å². The van der Waals surface area contributed by atoms with Crippen LogP contribution in [0, 0.1) is 0 Å². The first kappa shape index (κ1) is 15.0. The van der Waals surface area contributed by atoms with Crippen molar-refractivity contribution < 1.29 is 19.4 Å². The average molecular weight is 257 g/mol. The van der Waals surface area contributed by atoms with Gasteiger partial charge >= 0.3 is 6.09 Å². The number of rotatable bonds is 6. The summed E-state index contributed by atoms with van der Waals surface area (Å²) in [5, 5.41) is 11.1. The number of aliphatic hydroxyl groups is 1. The van der Waals surface area contributed by atoms with E-state index in [1.165, 1.54) is 0 Å². The van der Waals surface area contributed by atoms with Crippen LogP contribution in [-0.2, 0) is 9.47 Å². The van der Waals surface area contributed by atoms with Crippen LogP contribution >= 0.6 is 0 Å². The SMILES string of the molecule is O=C(NCCOCCO)OC1CCC=CCCC1. The molecule has 104 valence electrons. The molecule has 0 aliphatic heterocycles. The van der Waals surface area contributed by atoms with Crippen LogP contribution in [-0.4, -0.2) is 43.7 Å². The van der Waals surface area contributed by atoms with Crippen molar-refractivity contribution in [1.29, 1.82) is 0 Å². The predicted octanol–water partition coefficient (Wildman–Crippen LogP) is 1.61. The number of carbonyl (C=O) groups is 1. The lowest BCUT2D eigenvalue weighted by atomic mass is 10.0. The first-order valence-electron chi connectivity index (χ1n) is 6.61. The second kappa shape index (κ2) is 9.91. The Labute approximate surface area is 108 Å². The number of nitrogens with one attached hydrogen (secondary N) is 1. The fraction of sp³-hybridized carbons (Fsp3) is 0.769. The van der Waals surface area contributed by atoms with Crippen molar-refractivity contribution in [1.82, 2.24) is 5.32 Å². The second-order valence-corrected chi connectivity index (χ2v) is 4.27. The Morgan fingerprint density at radius 2 is 2.11 bits per heavy atom. The van der Waals surface area contributed by atoms with Gasteiger partial charge in [0.15, 0.2) is 0 Å². The molecule has 1 rings (SSSR count). The van der Waals surface area contributed by atoms with Gasteiger partial charge in [-0.05, 0) is 32.1 Å². The Morgan fingerprint density at radius 3 is 2.94 bits per heavy atom. The molecule has 0 saturated heterocycles. The van der Waals surface area contributed by atoms with E-state index in [4.69, 9.17) is 14.6 Å². The Morgan fingerprint density at radius 1 is 1.28 bits per heavy atom. The zero-order valence-electron chi connectivity index (χ0n) is 10.8. The minimum atomic E-state index is -0.378. The van der Waals surface area contributed by atoms with E-state index in [1.807, 2.05) is 0 Å². The molecule has 1 aliphatic carbocycles. The molecule has 0 heterocycles. The van der Waals surface area contributed by atoms with Gasteiger partial charge in [-0.15, -0.1) is 0 Å². The van der Waals surface area contributed by atoms with Crippen LogP contribution in [0.15, 0.2) is 12.2 Å².